The third-order valence-electron chi connectivity index (χ3n) is 3.92. The van der Waals surface area contributed by atoms with Crippen LogP contribution in [0.1, 0.15) is 34.6 Å². The molecule has 2 N–H and O–H groups in total. The number of nitrogen functional groups attached to an aromatic ring is 1. The molecule has 0 saturated carbocycles. The quantitative estimate of drug-likeness (QED) is 0.462. The average molecular weight is 415 g/mol. The van der Waals surface area contributed by atoms with Gasteiger partial charge in [0.05, 0.1) is 12.2 Å². The van der Waals surface area contributed by atoms with Crippen LogP contribution in [0.15, 0.2) is 29.7 Å². The van der Waals surface area contributed by atoms with Crippen LogP contribution in [0, 0.1) is 11.3 Å². The van der Waals surface area contributed by atoms with Crippen molar-refractivity contribution >= 4 is 34.1 Å². The molecule has 10 heteroatoms. The number of thiophene rings is 1. The van der Waals surface area contributed by atoms with Crippen molar-refractivity contribution < 1.29 is 9.53 Å². The zero-order valence-electron chi connectivity index (χ0n) is 15.4. The Morgan fingerprint density at radius 3 is 2.75 bits per heavy atom. The predicted octanol–water partition coefficient (Wildman–Crippen LogP) is 3.34. The van der Waals surface area contributed by atoms with Gasteiger partial charge in [0.1, 0.15) is 15.9 Å². The van der Waals surface area contributed by atoms with Crippen molar-refractivity contribution in [3.63, 3.8) is 0 Å². The Kier molecular flexibility index (Phi) is 6.28. The predicted molar refractivity (Wildman–Crippen MR) is 108 cm³/mol. The summed E-state index contributed by atoms with van der Waals surface area (Å²) in [5.74, 6) is 0.633. The zero-order chi connectivity index (χ0) is 20.1. The third-order valence-corrected chi connectivity index (χ3v) is 5.96. The highest BCUT2D eigenvalue weighted by Crippen LogP contribution is 2.36. The highest BCUT2D eigenvalue weighted by atomic mass is 32.2. The number of ether oxygens (including phenoxy) is 1. The molecule has 3 aromatic rings. The lowest BCUT2D eigenvalue weighted by molar-refractivity contribution is 0.0531. The zero-order valence-corrected chi connectivity index (χ0v) is 17.0. The van der Waals surface area contributed by atoms with Gasteiger partial charge in [0.25, 0.3) is 0 Å². The molecule has 3 aromatic heterocycles. The Bertz CT molecular complexity index is 1020. The summed E-state index contributed by atoms with van der Waals surface area (Å²) in [6.45, 7) is 4.67. The van der Waals surface area contributed by atoms with Crippen LogP contribution in [0.3, 0.4) is 0 Å². The van der Waals surface area contributed by atoms with Gasteiger partial charge in [0.2, 0.25) is 0 Å². The molecule has 0 saturated heterocycles. The number of pyridine rings is 1. The SMILES string of the molecule is CCOC(=O)c1sc(N)c(C#N)c1CSc1nnc(-c2ccncc2)n1CC. The van der Waals surface area contributed by atoms with Gasteiger partial charge in [-0.25, -0.2) is 4.79 Å². The van der Waals surface area contributed by atoms with E-state index in [2.05, 4.69) is 21.3 Å². The van der Waals surface area contributed by atoms with E-state index < -0.39 is 5.97 Å². The molecule has 0 atom stereocenters. The van der Waals surface area contributed by atoms with E-state index in [0.717, 1.165) is 22.7 Å². The molecular weight excluding hydrogens is 396 g/mol. The second-order valence-corrected chi connectivity index (χ2v) is 7.55. The van der Waals surface area contributed by atoms with E-state index in [4.69, 9.17) is 10.5 Å². The molecular formula is C18H18N6O2S2. The molecule has 0 spiro atoms. The standard InChI is InChI=1S/C18H18N6O2S2/c1-3-24-16(11-5-7-21-8-6-11)22-23-18(24)27-10-13-12(9-19)15(20)28-14(13)17(25)26-4-2/h5-8H,3-4,10,20H2,1-2H3. The highest BCUT2D eigenvalue weighted by molar-refractivity contribution is 7.98. The van der Waals surface area contributed by atoms with Crippen LogP contribution in [-0.4, -0.2) is 32.3 Å². The number of nitrogens with zero attached hydrogens (tertiary/aromatic N) is 5. The highest BCUT2D eigenvalue weighted by Gasteiger charge is 2.24. The van der Waals surface area contributed by atoms with Gasteiger partial charge in [-0.15, -0.1) is 21.5 Å². The van der Waals surface area contributed by atoms with Crippen LogP contribution in [-0.2, 0) is 17.0 Å². The monoisotopic (exact) mass is 414 g/mol. The van der Waals surface area contributed by atoms with E-state index in [1.807, 2.05) is 23.6 Å². The molecule has 0 fully saturated rings. The van der Waals surface area contributed by atoms with Crippen molar-refractivity contribution in [1.29, 1.82) is 5.26 Å². The summed E-state index contributed by atoms with van der Waals surface area (Å²) in [6, 6.07) is 5.84. The van der Waals surface area contributed by atoms with E-state index >= 15 is 0 Å². The fourth-order valence-corrected chi connectivity index (χ4v) is 4.69. The fourth-order valence-electron chi connectivity index (χ4n) is 2.64. The summed E-state index contributed by atoms with van der Waals surface area (Å²) in [4.78, 5) is 16.6. The van der Waals surface area contributed by atoms with E-state index in [1.54, 1.807) is 19.3 Å². The summed E-state index contributed by atoms with van der Waals surface area (Å²) in [5, 5.41) is 19.0. The average Bonchev–Trinajstić information content (AvgIpc) is 3.27. The number of aromatic nitrogens is 4. The van der Waals surface area contributed by atoms with Gasteiger partial charge in [-0.1, -0.05) is 11.8 Å². The maximum absolute atomic E-state index is 12.2. The summed E-state index contributed by atoms with van der Waals surface area (Å²) >= 11 is 2.48. The summed E-state index contributed by atoms with van der Waals surface area (Å²) in [5.41, 5.74) is 7.74. The largest absolute Gasteiger partial charge is 0.462 e. The normalized spacial score (nSPS) is 10.6. The molecule has 3 rings (SSSR count). The molecule has 0 aliphatic rings. The molecule has 3 heterocycles. The molecule has 28 heavy (non-hydrogen) atoms. The fraction of sp³-hybridized carbons (Fsp3) is 0.278. The Balaban J connectivity index is 1.90. The van der Waals surface area contributed by atoms with Crippen LogP contribution in [0.5, 0.6) is 0 Å². The maximum Gasteiger partial charge on any atom is 0.348 e. The van der Waals surface area contributed by atoms with Crippen molar-refractivity contribution in [3.05, 3.63) is 40.5 Å². The number of nitrogens with two attached hydrogens (primary N) is 1. The van der Waals surface area contributed by atoms with Crippen molar-refractivity contribution in [2.45, 2.75) is 31.3 Å². The molecule has 0 aromatic carbocycles. The van der Waals surface area contributed by atoms with Gasteiger partial charge in [0.15, 0.2) is 11.0 Å². The van der Waals surface area contributed by atoms with Crippen LogP contribution in [0.25, 0.3) is 11.4 Å². The number of anilines is 1. The summed E-state index contributed by atoms with van der Waals surface area (Å²) < 4.78 is 7.08. The lowest BCUT2D eigenvalue weighted by Crippen LogP contribution is -2.06. The molecule has 0 aliphatic heterocycles. The number of rotatable bonds is 7. The second kappa shape index (κ2) is 8.86. The van der Waals surface area contributed by atoms with Crippen molar-refractivity contribution in [2.75, 3.05) is 12.3 Å². The summed E-state index contributed by atoms with van der Waals surface area (Å²) in [7, 11) is 0. The van der Waals surface area contributed by atoms with Gasteiger partial charge < -0.3 is 15.0 Å². The molecule has 144 valence electrons. The van der Waals surface area contributed by atoms with Gasteiger partial charge in [-0.3, -0.25) is 4.98 Å². The summed E-state index contributed by atoms with van der Waals surface area (Å²) in [6.07, 6.45) is 3.41. The number of hydrogen-bond donors (Lipinski definition) is 1. The van der Waals surface area contributed by atoms with Crippen LogP contribution >= 0.6 is 23.1 Å². The van der Waals surface area contributed by atoms with Gasteiger partial charge >= 0.3 is 5.97 Å². The van der Waals surface area contributed by atoms with Gasteiger partial charge in [0, 0.05) is 35.8 Å². The number of carbonyl (C=O) groups excluding carboxylic acids is 1. The second-order valence-electron chi connectivity index (χ2n) is 5.56. The molecule has 8 nitrogen and oxygen atoms in total. The maximum atomic E-state index is 12.2. The van der Waals surface area contributed by atoms with E-state index in [9.17, 15) is 10.1 Å². The Hall–Kier alpha value is -2.90. The minimum Gasteiger partial charge on any atom is -0.462 e. The molecule has 0 aliphatic carbocycles. The van der Waals surface area contributed by atoms with Gasteiger partial charge in [-0.2, -0.15) is 5.26 Å². The van der Waals surface area contributed by atoms with E-state index in [-0.39, 0.29) is 6.61 Å². The molecule has 0 unspecified atom stereocenters. The lowest BCUT2D eigenvalue weighted by Gasteiger charge is -2.08. The Morgan fingerprint density at radius 2 is 2.11 bits per heavy atom. The van der Waals surface area contributed by atoms with E-state index in [1.165, 1.54) is 11.8 Å². The minimum atomic E-state index is -0.467. The number of hydrogen-bond acceptors (Lipinski definition) is 9. The van der Waals surface area contributed by atoms with Gasteiger partial charge in [-0.05, 0) is 26.0 Å². The first kappa shape index (κ1) is 19.9. The first-order valence-electron chi connectivity index (χ1n) is 8.55. The lowest BCUT2D eigenvalue weighted by atomic mass is 10.2. The van der Waals surface area contributed by atoms with Crippen molar-refractivity contribution in [1.82, 2.24) is 19.7 Å². The van der Waals surface area contributed by atoms with Crippen LogP contribution in [0.4, 0.5) is 5.00 Å². The number of nitriles is 1. The smallest absolute Gasteiger partial charge is 0.348 e. The molecule has 0 radical (unpaired) electrons. The first-order valence-corrected chi connectivity index (χ1v) is 10.4. The number of esters is 1. The first-order chi connectivity index (χ1) is 13.6. The van der Waals surface area contributed by atoms with Crippen LogP contribution in [0.2, 0.25) is 0 Å². The Labute approximate surface area is 170 Å². The molecule has 0 bridgehead atoms. The Morgan fingerprint density at radius 1 is 1.36 bits per heavy atom. The molecule has 0 amide bonds. The van der Waals surface area contributed by atoms with Crippen molar-refractivity contribution in [3.8, 4) is 17.5 Å². The number of carbonyl (C=O) groups is 1. The topological polar surface area (TPSA) is 120 Å². The third kappa shape index (κ3) is 3.85. The van der Waals surface area contributed by atoms with Crippen molar-refractivity contribution in [2.24, 2.45) is 0 Å². The van der Waals surface area contributed by atoms with E-state index in [0.29, 0.717) is 38.5 Å². The van der Waals surface area contributed by atoms with Crippen LogP contribution < -0.4 is 5.73 Å². The number of thioether (sulfide) groups is 1. The minimum absolute atomic E-state index is 0.255.